The fourth-order valence-corrected chi connectivity index (χ4v) is 8.53. The Balaban J connectivity index is 1.57. The summed E-state index contributed by atoms with van der Waals surface area (Å²) in [6.45, 7) is 17.6. The smallest absolute Gasteiger partial charge is 0.312 e. The lowest BCUT2D eigenvalue weighted by Gasteiger charge is -2.39. The molecule has 1 N–H and O–H groups in total. The van der Waals surface area contributed by atoms with E-state index in [1.807, 2.05) is 74.5 Å². The first-order chi connectivity index (χ1) is 23.6. The van der Waals surface area contributed by atoms with Gasteiger partial charge in [0, 0.05) is 31.0 Å². The van der Waals surface area contributed by atoms with Gasteiger partial charge in [-0.25, -0.2) is 0 Å². The van der Waals surface area contributed by atoms with Crippen LogP contribution < -0.4 is 9.80 Å². The minimum Gasteiger partial charge on any atom is -0.465 e. The number of unbranched alkanes of at least 4 members (excludes halogenated alkanes) is 2. The monoisotopic (exact) mass is 671 g/mol. The van der Waals surface area contributed by atoms with Gasteiger partial charge >= 0.3 is 5.97 Å². The maximum atomic E-state index is 15.2. The number of likely N-dealkylation sites (tertiary alicyclic amines) is 1. The van der Waals surface area contributed by atoms with Gasteiger partial charge in [-0.2, -0.15) is 0 Å². The van der Waals surface area contributed by atoms with Crippen LogP contribution in [0.5, 0.6) is 0 Å². The van der Waals surface area contributed by atoms with Crippen LogP contribution in [0.25, 0.3) is 0 Å². The first kappa shape index (κ1) is 36.3. The van der Waals surface area contributed by atoms with Crippen LogP contribution in [0.1, 0.15) is 58.9 Å². The maximum Gasteiger partial charge on any atom is 0.312 e. The van der Waals surface area contributed by atoms with Gasteiger partial charge in [0.1, 0.15) is 17.6 Å². The average Bonchev–Trinajstić information content (AvgIpc) is 3.63. The molecule has 3 aliphatic heterocycles. The van der Waals surface area contributed by atoms with Gasteiger partial charge in [-0.05, 0) is 88.6 Å². The number of carbonyl (C=O) groups is 3. The van der Waals surface area contributed by atoms with Crippen LogP contribution in [-0.4, -0.2) is 83.9 Å². The second-order valence-electron chi connectivity index (χ2n) is 13.9. The number of hydrogen-bond donors (Lipinski definition) is 1. The van der Waals surface area contributed by atoms with E-state index < -0.39 is 41.1 Å². The molecule has 2 aromatic carbocycles. The van der Waals surface area contributed by atoms with E-state index in [0.29, 0.717) is 24.9 Å². The van der Waals surface area contributed by atoms with E-state index in [0.717, 1.165) is 37.2 Å². The third-order valence-electron chi connectivity index (χ3n) is 11.1. The van der Waals surface area contributed by atoms with Crippen molar-refractivity contribution in [3.8, 4) is 0 Å². The molecule has 0 saturated carbocycles. The molecule has 0 aromatic heterocycles. The number of anilines is 2. The van der Waals surface area contributed by atoms with Crippen molar-refractivity contribution >= 4 is 29.2 Å². The van der Waals surface area contributed by atoms with Crippen LogP contribution in [-0.2, 0) is 30.3 Å². The molecule has 49 heavy (non-hydrogen) atoms. The zero-order valence-corrected chi connectivity index (χ0v) is 29.6. The molecule has 9 heteroatoms. The molecule has 1 spiro atoms. The van der Waals surface area contributed by atoms with E-state index in [1.54, 1.807) is 15.9 Å². The third kappa shape index (κ3) is 6.55. The first-order valence-electron chi connectivity index (χ1n) is 17.8. The first-order valence-corrected chi connectivity index (χ1v) is 17.8. The minimum absolute atomic E-state index is 0.131. The number of ether oxygens (including phenoxy) is 2. The molecule has 3 fully saturated rings. The van der Waals surface area contributed by atoms with E-state index in [9.17, 15) is 14.7 Å². The Morgan fingerprint density at radius 2 is 1.73 bits per heavy atom. The highest BCUT2D eigenvalue weighted by Crippen LogP contribution is 2.65. The molecule has 3 heterocycles. The van der Waals surface area contributed by atoms with Crippen molar-refractivity contribution in [1.29, 1.82) is 0 Å². The van der Waals surface area contributed by atoms with Gasteiger partial charge < -0.3 is 29.3 Å². The molecule has 3 unspecified atom stereocenters. The molecule has 3 saturated heterocycles. The predicted octanol–water partition coefficient (Wildman–Crippen LogP) is 5.57. The molecule has 9 nitrogen and oxygen atoms in total. The second kappa shape index (κ2) is 15.3. The van der Waals surface area contributed by atoms with Crippen molar-refractivity contribution in [2.24, 2.45) is 17.8 Å². The molecular formula is C40H53N3O6. The van der Waals surface area contributed by atoms with Gasteiger partial charge in [0.15, 0.2) is 0 Å². The molecular weight excluding hydrogens is 618 g/mol. The number of benzene rings is 2. The summed E-state index contributed by atoms with van der Waals surface area (Å²) in [5, 5.41) is 10.9. The number of esters is 1. The van der Waals surface area contributed by atoms with E-state index >= 15 is 4.79 Å². The van der Waals surface area contributed by atoms with Crippen LogP contribution in [0.3, 0.4) is 0 Å². The number of carbonyl (C=O) groups excluding carboxylic acids is 3. The van der Waals surface area contributed by atoms with Crippen molar-refractivity contribution in [3.63, 3.8) is 0 Å². The number of aliphatic hydroxyl groups is 1. The third-order valence-corrected chi connectivity index (χ3v) is 11.1. The topological polar surface area (TPSA) is 99.6 Å². The number of rotatable bonds is 17. The summed E-state index contributed by atoms with van der Waals surface area (Å²) < 4.78 is 12.8. The Morgan fingerprint density at radius 3 is 2.35 bits per heavy atom. The summed E-state index contributed by atoms with van der Waals surface area (Å²) in [5.74, 6) is -3.10. The van der Waals surface area contributed by atoms with Gasteiger partial charge in [-0.1, -0.05) is 49.4 Å². The van der Waals surface area contributed by atoms with Crippen molar-refractivity contribution in [1.82, 2.24) is 4.90 Å². The molecule has 0 aliphatic carbocycles. The molecule has 2 bridgehead atoms. The summed E-state index contributed by atoms with van der Waals surface area (Å²) in [6.07, 6.45) is 6.61. The zero-order chi connectivity index (χ0) is 35.3. The summed E-state index contributed by atoms with van der Waals surface area (Å²) in [6, 6.07) is 15.7. The van der Waals surface area contributed by atoms with Gasteiger partial charge in [-0.15, -0.1) is 13.2 Å². The SMILES string of the molecule is C=CCCCCOC(=O)[C@@H]1[C@H]2C(=O)N([C@@H](CO)Cc3ccccc3)C(C(=O)N(CC=C)c3ccc(N(CC)CC)cc3)C23CC(C)[C@@]1(C)O3. The lowest BCUT2D eigenvalue weighted by atomic mass is 9.62. The molecule has 3 aliphatic rings. The van der Waals surface area contributed by atoms with Crippen molar-refractivity contribution < 1.29 is 29.0 Å². The Bertz CT molecular complexity index is 1490. The Kier molecular flexibility index (Phi) is 11.3. The summed E-state index contributed by atoms with van der Waals surface area (Å²) in [4.78, 5) is 49.4. The van der Waals surface area contributed by atoms with Crippen molar-refractivity contribution in [3.05, 3.63) is 85.5 Å². The number of aliphatic hydroxyl groups excluding tert-OH is 1. The average molecular weight is 672 g/mol. The van der Waals surface area contributed by atoms with Crippen LogP contribution in [0.2, 0.25) is 0 Å². The van der Waals surface area contributed by atoms with E-state index in [-0.39, 0.29) is 37.5 Å². The highest BCUT2D eigenvalue weighted by molar-refractivity contribution is 6.05. The number of hydrogen-bond acceptors (Lipinski definition) is 7. The summed E-state index contributed by atoms with van der Waals surface area (Å²) in [5.41, 5.74) is 0.362. The van der Waals surface area contributed by atoms with Gasteiger partial charge in [0.25, 0.3) is 5.91 Å². The Morgan fingerprint density at radius 1 is 1.06 bits per heavy atom. The highest BCUT2D eigenvalue weighted by atomic mass is 16.6. The normalized spacial score (nSPS) is 27.4. The molecule has 2 amide bonds. The zero-order valence-electron chi connectivity index (χ0n) is 29.6. The number of fused-ring (bicyclic) bond motifs is 1. The maximum absolute atomic E-state index is 15.2. The van der Waals surface area contributed by atoms with Gasteiger partial charge in [0.05, 0.1) is 30.8 Å². The fraction of sp³-hybridized carbons (Fsp3) is 0.525. The lowest BCUT2D eigenvalue weighted by molar-refractivity contribution is -0.162. The van der Waals surface area contributed by atoms with Crippen LogP contribution >= 0.6 is 0 Å². The van der Waals surface area contributed by atoms with E-state index in [4.69, 9.17) is 9.47 Å². The predicted molar refractivity (Wildman–Crippen MR) is 192 cm³/mol. The van der Waals surface area contributed by atoms with Crippen LogP contribution in [0.4, 0.5) is 11.4 Å². The van der Waals surface area contributed by atoms with Crippen LogP contribution in [0, 0.1) is 17.8 Å². The van der Waals surface area contributed by atoms with Crippen LogP contribution in [0.15, 0.2) is 79.9 Å². The Hall–Kier alpha value is -3.95. The molecule has 264 valence electrons. The molecule has 0 radical (unpaired) electrons. The second-order valence-corrected chi connectivity index (χ2v) is 13.9. The minimum atomic E-state index is -1.28. The van der Waals surface area contributed by atoms with Crippen molar-refractivity contribution in [2.75, 3.05) is 42.6 Å². The summed E-state index contributed by atoms with van der Waals surface area (Å²) >= 11 is 0. The molecule has 2 aromatic rings. The van der Waals surface area contributed by atoms with E-state index in [2.05, 4.69) is 31.9 Å². The highest BCUT2D eigenvalue weighted by Gasteiger charge is 2.80. The Labute approximate surface area is 291 Å². The number of allylic oxidation sites excluding steroid dienone is 1. The van der Waals surface area contributed by atoms with Gasteiger partial charge in [-0.3, -0.25) is 14.4 Å². The molecule has 7 atom stereocenters. The summed E-state index contributed by atoms with van der Waals surface area (Å²) in [7, 11) is 0. The quantitative estimate of drug-likeness (QED) is 0.134. The lowest BCUT2D eigenvalue weighted by Crippen LogP contribution is -2.59. The fourth-order valence-electron chi connectivity index (χ4n) is 8.53. The van der Waals surface area contributed by atoms with Crippen molar-refractivity contribution in [2.45, 2.75) is 83.1 Å². The standard InChI is InChI=1S/C40H53N3O6/c1-7-11-12-16-24-48-38(47)34-33-36(45)43(32(27-44)25-29-17-14-13-15-18-29)35(40(33)26-28(5)39(34,6)49-40)37(46)42(23-8-2)31-21-19-30(20-22-31)41(9-3)10-4/h7-8,13-15,17-22,28,32-35,44H,1-2,9-12,16,23-27H2,3-6H3/t28?,32-,33+,34+,35?,39-,40?/m1/s1. The number of amides is 2. The molecule has 5 rings (SSSR count). The van der Waals surface area contributed by atoms with E-state index in [1.165, 1.54) is 0 Å². The largest absolute Gasteiger partial charge is 0.465 e. The van der Waals surface area contributed by atoms with Gasteiger partial charge in [0.2, 0.25) is 5.91 Å². The number of nitrogens with zero attached hydrogens (tertiary/aromatic N) is 3.